The lowest BCUT2D eigenvalue weighted by Gasteiger charge is -2.19. The van der Waals surface area contributed by atoms with Gasteiger partial charge >= 0.3 is 0 Å². The zero-order valence-corrected chi connectivity index (χ0v) is 14.2. The van der Waals surface area contributed by atoms with E-state index in [4.69, 9.17) is 10.00 Å². The zero-order valence-electron chi connectivity index (χ0n) is 14.2. The summed E-state index contributed by atoms with van der Waals surface area (Å²) in [6.45, 7) is 5.93. The third-order valence-corrected chi connectivity index (χ3v) is 4.04. The molecule has 0 aliphatic rings. The second-order valence-electron chi connectivity index (χ2n) is 5.75. The molecule has 0 radical (unpaired) electrons. The SMILES string of the molecule is CCC(C)c1ccccc1NC(=O)C(C)Oc1ccccc1C#N. The van der Waals surface area contributed by atoms with Crippen LogP contribution in [0.1, 0.15) is 44.2 Å². The summed E-state index contributed by atoms with van der Waals surface area (Å²) in [4.78, 5) is 12.5. The van der Waals surface area contributed by atoms with Crippen LogP contribution in [0.15, 0.2) is 48.5 Å². The monoisotopic (exact) mass is 322 g/mol. The number of ether oxygens (including phenoxy) is 1. The minimum Gasteiger partial charge on any atom is -0.480 e. The number of carbonyl (C=O) groups is 1. The Kier molecular flexibility index (Phi) is 5.97. The molecule has 2 atom stereocenters. The molecule has 1 amide bonds. The number of nitrogens with one attached hydrogen (secondary N) is 1. The number of anilines is 1. The number of rotatable bonds is 6. The first-order valence-corrected chi connectivity index (χ1v) is 8.12. The van der Waals surface area contributed by atoms with E-state index in [1.54, 1.807) is 31.2 Å². The molecule has 124 valence electrons. The maximum atomic E-state index is 12.5. The Hall–Kier alpha value is -2.80. The molecule has 2 unspecified atom stereocenters. The average molecular weight is 322 g/mol. The number of nitrogens with zero attached hydrogens (tertiary/aromatic N) is 1. The fraction of sp³-hybridized carbons (Fsp3) is 0.300. The number of hydrogen-bond acceptors (Lipinski definition) is 3. The first-order chi connectivity index (χ1) is 11.6. The van der Waals surface area contributed by atoms with Crippen molar-refractivity contribution in [3.8, 4) is 11.8 Å². The summed E-state index contributed by atoms with van der Waals surface area (Å²) in [5.41, 5.74) is 2.33. The maximum absolute atomic E-state index is 12.5. The lowest BCUT2D eigenvalue weighted by Crippen LogP contribution is -2.30. The molecule has 0 fully saturated rings. The maximum Gasteiger partial charge on any atom is 0.265 e. The first-order valence-electron chi connectivity index (χ1n) is 8.12. The van der Waals surface area contributed by atoms with Crippen molar-refractivity contribution in [1.29, 1.82) is 5.26 Å². The predicted molar refractivity (Wildman–Crippen MR) is 95.0 cm³/mol. The van der Waals surface area contributed by atoms with Crippen LogP contribution in [0.4, 0.5) is 5.69 Å². The summed E-state index contributed by atoms with van der Waals surface area (Å²) in [6, 6.07) is 16.8. The Morgan fingerprint density at radius 3 is 2.54 bits per heavy atom. The van der Waals surface area contributed by atoms with Crippen LogP contribution >= 0.6 is 0 Å². The van der Waals surface area contributed by atoms with Crippen molar-refractivity contribution in [1.82, 2.24) is 0 Å². The highest BCUT2D eigenvalue weighted by molar-refractivity contribution is 5.94. The second-order valence-corrected chi connectivity index (χ2v) is 5.75. The number of amides is 1. The van der Waals surface area contributed by atoms with Crippen molar-refractivity contribution in [2.24, 2.45) is 0 Å². The van der Waals surface area contributed by atoms with E-state index in [9.17, 15) is 4.79 Å². The molecular weight excluding hydrogens is 300 g/mol. The van der Waals surface area contributed by atoms with Gasteiger partial charge in [0, 0.05) is 5.69 Å². The van der Waals surface area contributed by atoms with Gasteiger partial charge in [0.15, 0.2) is 6.10 Å². The van der Waals surface area contributed by atoms with Gasteiger partial charge in [-0.1, -0.05) is 44.2 Å². The van der Waals surface area contributed by atoms with Crippen LogP contribution in [-0.4, -0.2) is 12.0 Å². The van der Waals surface area contributed by atoms with Crippen molar-refractivity contribution >= 4 is 11.6 Å². The Morgan fingerprint density at radius 1 is 1.17 bits per heavy atom. The largest absolute Gasteiger partial charge is 0.480 e. The van der Waals surface area contributed by atoms with E-state index >= 15 is 0 Å². The lowest BCUT2D eigenvalue weighted by atomic mass is 9.97. The molecular formula is C20H22N2O2. The van der Waals surface area contributed by atoms with E-state index in [2.05, 4.69) is 25.2 Å². The Bertz CT molecular complexity index is 749. The molecule has 0 spiro atoms. The molecule has 1 N–H and O–H groups in total. The molecule has 0 aliphatic heterocycles. The summed E-state index contributed by atoms with van der Waals surface area (Å²) >= 11 is 0. The van der Waals surface area contributed by atoms with Crippen molar-refractivity contribution in [3.63, 3.8) is 0 Å². The third kappa shape index (κ3) is 4.14. The van der Waals surface area contributed by atoms with Crippen LogP contribution in [0.2, 0.25) is 0 Å². The molecule has 0 saturated carbocycles. The topological polar surface area (TPSA) is 62.1 Å². The smallest absolute Gasteiger partial charge is 0.265 e. The van der Waals surface area contributed by atoms with Crippen LogP contribution < -0.4 is 10.1 Å². The van der Waals surface area contributed by atoms with E-state index in [0.29, 0.717) is 17.2 Å². The van der Waals surface area contributed by atoms with Crippen molar-refractivity contribution in [3.05, 3.63) is 59.7 Å². The lowest BCUT2D eigenvalue weighted by molar-refractivity contribution is -0.122. The predicted octanol–water partition coefficient (Wildman–Crippen LogP) is 4.48. The van der Waals surface area contributed by atoms with Gasteiger partial charge in [-0.2, -0.15) is 5.26 Å². The Morgan fingerprint density at radius 2 is 1.83 bits per heavy atom. The van der Waals surface area contributed by atoms with E-state index in [1.165, 1.54) is 0 Å². The quantitative estimate of drug-likeness (QED) is 0.853. The Balaban J connectivity index is 2.12. The van der Waals surface area contributed by atoms with E-state index in [1.807, 2.05) is 24.3 Å². The van der Waals surface area contributed by atoms with E-state index < -0.39 is 6.10 Å². The molecule has 0 bridgehead atoms. The zero-order chi connectivity index (χ0) is 17.5. The van der Waals surface area contributed by atoms with Gasteiger partial charge in [0.1, 0.15) is 11.8 Å². The van der Waals surface area contributed by atoms with Gasteiger partial charge < -0.3 is 10.1 Å². The van der Waals surface area contributed by atoms with E-state index in [-0.39, 0.29) is 5.91 Å². The van der Waals surface area contributed by atoms with Crippen LogP contribution in [-0.2, 0) is 4.79 Å². The molecule has 2 rings (SSSR count). The normalized spacial score (nSPS) is 12.8. The summed E-state index contributed by atoms with van der Waals surface area (Å²) < 4.78 is 5.66. The van der Waals surface area contributed by atoms with Crippen molar-refractivity contribution in [2.45, 2.75) is 39.2 Å². The van der Waals surface area contributed by atoms with Crippen LogP contribution in [0.3, 0.4) is 0 Å². The fourth-order valence-electron chi connectivity index (χ4n) is 2.40. The molecule has 2 aromatic rings. The van der Waals surface area contributed by atoms with Gasteiger partial charge in [-0.3, -0.25) is 4.79 Å². The molecule has 2 aromatic carbocycles. The first kappa shape index (κ1) is 17.6. The molecule has 0 heterocycles. The van der Waals surface area contributed by atoms with E-state index in [0.717, 1.165) is 17.7 Å². The second kappa shape index (κ2) is 8.16. The summed E-state index contributed by atoms with van der Waals surface area (Å²) in [7, 11) is 0. The number of carbonyl (C=O) groups excluding carboxylic acids is 1. The minimum absolute atomic E-state index is 0.238. The summed E-state index contributed by atoms with van der Waals surface area (Å²) in [5.74, 6) is 0.536. The highest BCUT2D eigenvalue weighted by Crippen LogP contribution is 2.27. The average Bonchev–Trinajstić information content (AvgIpc) is 2.61. The van der Waals surface area contributed by atoms with Crippen LogP contribution in [0.25, 0.3) is 0 Å². The number of hydrogen-bond donors (Lipinski definition) is 1. The van der Waals surface area contributed by atoms with Crippen molar-refractivity contribution in [2.75, 3.05) is 5.32 Å². The number of benzene rings is 2. The molecule has 0 saturated heterocycles. The highest BCUT2D eigenvalue weighted by Gasteiger charge is 2.18. The van der Waals surface area contributed by atoms with Crippen molar-refractivity contribution < 1.29 is 9.53 Å². The van der Waals surface area contributed by atoms with Crippen LogP contribution in [0.5, 0.6) is 5.75 Å². The van der Waals surface area contributed by atoms with Gasteiger partial charge in [-0.05, 0) is 43.0 Å². The minimum atomic E-state index is -0.704. The van der Waals surface area contributed by atoms with Gasteiger partial charge in [-0.15, -0.1) is 0 Å². The summed E-state index contributed by atoms with van der Waals surface area (Å²) in [5, 5.41) is 12.0. The highest BCUT2D eigenvalue weighted by atomic mass is 16.5. The molecule has 0 aliphatic carbocycles. The number of nitriles is 1. The van der Waals surface area contributed by atoms with Gasteiger partial charge in [-0.25, -0.2) is 0 Å². The fourth-order valence-corrected chi connectivity index (χ4v) is 2.40. The third-order valence-electron chi connectivity index (χ3n) is 4.04. The summed E-state index contributed by atoms with van der Waals surface area (Å²) in [6.07, 6.45) is 0.290. The molecule has 4 nitrogen and oxygen atoms in total. The molecule has 24 heavy (non-hydrogen) atoms. The number of para-hydroxylation sites is 2. The standard InChI is InChI=1S/C20H22N2O2/c1-4-14(2)17-10-6-7-11-18(17)22-20(23)15(3)24-19-12-8-5-9-16(19)13-21/h5-12,14-15H,4H2,1-3H3,(H,22,23). The van der Waals surface area contributed by atoms with Gasteiger partial charge in [0.05, 0.1) is 5.56 Å². The Labute approximate surface area is 143 Å². The molecule has 0 aromatic heterocycles. The molecule has 4 heteroatoms. The van der Waals surface area contributed by atoms with Gasteiger partial charge in [0.2, 0.25) is 0 Å². The van der Waals surface area contributed by atoms with Crippen LogP contribution in [0, 0.1) is 11.3 Å². The van der Waals surface area contributed by atoms with Gasteiger partial charge in [0.25, 0.3) is 5.91 Å².